The molecule has 0 aromatic carbocycles. The SMILES string of the molecule is CCCCCCC[C@@H](C/C=C/CCC(N)=O)OC. The van der Waals surface area contributed by atoms with Gasteiger partial charge in [-0.2, -0.15) is 0 Å². The summed E-state index contributed by atoms with van der Waals surface area (Å²) < 4.78 is 5.44. The number of allylic oxidation sites excluding steroid dienone is 1. The molecule has 0 aliphatic heterocycles. The molecule has 0 heterocycles. The zero-order valence-electron chi connectivity index (χ0n) is 12.0. The summed E-state index contributed by atoms with van der Waals surface area (Å²) in [5.74, 6) is -0.237. The molecule has 0 aromatic heterocycles. The van der Waals surface area contributed by atoms with Crippen LogP contribution in [-0.4, -0.2) is 19.1 Å². The molecule has 1 atom stereocenters. The summed E-state index contributed by atoms with van der Waals surface area (Å²) in [6.07, 6.45) is 14.2. The van der Waals surface area contributed by atoms with Crippen LogP contribution in [0.25, 0.3) is 0 Å². The lowest BCUT2D eigenvalue weighted by Crippen LogP contribution is -2.10. The van der Waals surface area contributed by atoms with Crippen molar-refractivity contribution in [2.45, 2.75) is 70.8 Å². The van der Waals surface area contributed by atoms with Crippen LogP contribution in [0.3, 0.4) is 0 Å². The number of unbranched alkanes of at least 4 members (excludes halogenated alkanes) is 4. The molecule has 0 bridgehead atoms. The Labute approximate surface area is 112 Å². The van der Waals surface area contributed by atoms with Crippen molar-refractivity contribution in [3.63, 3.8) is 0 Å². The highest BCUT2D eigenvalue weighted by Crippen LogP contribution is 2.12. The average Bonchev–Trinajstić information content (AvgIpc) is 2.35. The maximum atomic E-state index is 10.5. The fourth-order valence-corrected chi connectivity index (χ4v) is 1.90. The molecule has 2 N–H and O–H groups in total. The molecule has 0 aliphatic carbocycles. The molecule has 0 spiro atoms. The number of carbonyl (C=O) groups excluding carboxylic acids is 1. The minimum atomic E-state index is -0.237. The Morgan fingerprint density at radius 2 is 1.94 bits per heavy atom. The number of carbonyl (C=O) groups is 1. The van der Waals surface area contributed by atoms with Gasteiger partial charge in [0.1, 0.15) is 0 Å². The average molecular weight is 255 g/mol. The van der Waals surface area contributed by atoms with Crippen LogP contribution in [0.2, 0.25) is 0 Å². The summed E-state index contributed by atoms with van der Waals surface area (Å²) in [6, 6.07) is 0. The molecule has 0 saturated heterocycles. The highest BCUT2D eigenvalue weighted by molar-refractivity contribution is 5.73. The van der Waals surface area contributed by atoms with E-state index < -0.39 is 0 Å². The maximum absolute atomic E-state index is 10.5. The van der Waals surface area contributed by atoms with E-state index in [0.717, 1.165) is 19.3 Å². The van der Waals surface area contributed by atoms with Gasteiger partial charge in [0.2, 0.25) is 5.91 Å². The Kier molecular flexibility index (Phi) is 12.0. The monoisotopic (exact) mass is 255 g/mol. The van der Waals surface area contributed by atoms with Gasteiger partial charge < -0.3 is 10.5 Å². The van der Waals surface area contributed by atoms with Gasteiger partial charge in [0.25, 0.3) is 0 Å². The van der Waals surface area contributed by atoms with Crippen LogP contribution in [0.1, 0.15) is 64.7 Å². The van der Waals surface area contributed by atoms with Crippen LogP contribution in [0, 0.1) is 0 Å². The predicted molar refractivity (Wildman–Crippen MR) is 76.4 cm³/mol. The summed E-state index contributed by atoms with van der Waals surface area (Å²) in [7, 11) is 1.77. The van der Waals surface area contributed by atoms with Gasteiger partial charge in [0.05, 0.1) is 6.10 Å². The van der Waals surface area contributed by atoms with Gasteiger partial charge in [0.15, 0.2) is 0 Å². The molecule has 0 aliphatic rings. The summed E-state index contributed by atoms with van der Waals surface area (Å²) in [6.45, 7) is 2.23. The van der Waals surface area contributed by atoms with Crippen molar-refractivity contribution in [1.82, 2.24) is 0 Å². The van der Waals surface area contributed by atoms with Gasteiger partial charge in [0, 0.05) is 13.5 Å². The van der Waals surface area contributed by atoms with Gasteiger partial charge >= 0.3 is 0 Å². The van der Waals surface area contributed by atoms with Crippen molar-refractivity contribution >= 4 is 5.91 Å². The summed E-state index contributed by atoms with van der Waals surface area (Å²) >= 11 is 0. The number of hydrogen-bond acceptors (Lipinski definition) is 2. The first-order valence-electron chi connectivity index (χ1n) is 7.16. The third kappa shape index (κ3) is 11.6. The molecule has 3 nitrogen and oxygen atoms in total. The van der Waals surface area contributed by atoms with E-state index in [2.05, 4.69) is 13.0 Å². The predicted octanol–water partition coefficient (Wildman–Crippen LogP) is 3.57. The standard InChI is InChI=1S/C15H29NO2/c1-3-4-5-6-8-11-14(18-2)12-9-7-10-13-15(16)17/h7,9,14H,3-6,8,10-13H2,1-2H3,(H2,16,17)/b9-7+/t14-/m0/s1. The molecule has 0 aromatic rings. The van der Waals surface area contributed by atoms with E-state index in [4.69, 9.17) is 10.5 Å². The van der Waals surface area contributed by atoms with Crippen molar-refractivity contribution in [3.8, 4) is 0 Å². The fourth-order valence-electron chi connectivity index (χ4n) is 1.90. The Hall–Kier alpha value is -0.830. The number of rotatable bonds is 12. The van der Waals surface area contributed by atoms with Gasteiger partial charge in [-0.15, -0.1) is 0 Å². The zero-order valence-corrected chi connectivity index (χ0v) is 12.0. The minimum Gasteiger partial charge on any atom is -0.381 e. The van der Waals surface area contributed by atoms with Gasteiger partial charge in [-0.3, -0.25) is 4.79 Å². The van der Waals surface area contributed by atoms with Crippen LogP contribution in [-0.2, 0) is 9.53 Å². The van der Waals surface area contributed by atoms with Crippen LogP contribution in [0.4, 0.5) is 0 Å². The third-order valence-electron chi connectivity index (χ3n) is 3.09. The van der Waals surface area contributed by atoms with E-state index in [1.54, 1.807) is 7.11 Å². The van der Waals surface area contributed by atoms with Crippen molar-refractivity contribution in [2.75, 3.05) is 7.11 Å². The minimum absolute atomic E-state index is 0.237. The number of ether oxygens (including phenoxy) is 1. The van der Waals surface area contributed by atoms with E-state index in [9.17, 15) is 4.79 Å². The first-order chi connectivity index (χ1) is 8.70. The second kappa shape index (κ2) is 12.6. The second-order valence-corrected chi connectivity index (χ2v) is 4.77. The Balaban J connectivity index is 3.54. The van der Waals surface area contributed by atoms with Gasteiger partial charge in [-0.05, 0) is 19.3 Å². The molecule has 3 heteroatoms. The van der Waals surface area contributed by atoms with Crippen molar-refractivity contribution < 1.29 is 9.53 Å². The number of hydrogen-bond donors (Lipinski definition) is 1. The van der Waals surface area contributed by atoms with Crippen LogP contribution >= 0.6 is 0 Å². The maximum Gasteiger partial charge on any atom is 0.217 e. The fraction of sp³-hybridized carbons (Fsp3) is 0.800. The Bertz CT molecular complexity index is 227. The highest BCUT2D eigenvalue weighted by atomic mass is 16.5. The molecule has 0 unspecified atom stereocenters. The Morgan fingerprint density at radius 1 is 1.22 bits per heavy atom. The molecular weight excluding hydrogens is 226 g/mol. The van der Waals surface area contributed by atoms with Crippen molar-refractivity contribution in [3.05, 3.63) is 12.2 Å². The number of nitrogens with two attached hydrogens (primary N) is 1. The van der Waals surface area contributed by atoms with Gasteiger partial charge in [-0.1, -0.05) is 51.2 Å². The lowest BCUT2D eigenvalue weighted by molar-refractivity contribution is -0.117. The van der Waals surface area contributed by atoms with E-state index >= 15 is 0 Å². The quantitative estimate of drug-likeness (QED) is 0.428. The Morgan fingerprint density at radius 3 is 2.56 bits per heavy atom. The molecule has 1 amide bonds. The third-order valence-corrected chi connectivity index (χ3v) is 3.09. The lowest BCUT2D eigenvalue weighted by atomic mass is 10.1. The summed E-state index contributed by atoms with van der Waals surface area (Å²) in [5, 5.41) is 0. The van der Waals surface area contributed by atoms with Crippen molar-refractivity contribution in [1.29, 1.82) is 0 Å². The van der Waals surface area contributed by atoms with Crippen LogP contribution in [0.15, 0.2) is 12.2 Å². The number of methoxy groups -OCH3 is 1. The summed E-state index contributed by atoms with van der Waals surface area (Å²) in [5.41, 5.74) is 5.07. The molecule has 0 radical (unpaired) electrons. The van der Waals surface area contributed by atoms with E-state index in [-0.39, 0.29) is 5.91 Å². The summed E-state index contributed by atoms with van der Waals surface area (Å²) in [4.78, 5) is 10.5. The van der Waals surface area contributed by atoms with E-state index in [0.29, 0.717) is 12.5 Å². The molecular formula is C15H29NO2. The molecule has 0 saturated carbocycles. The molecule has 106 valence electrons. The molecule has 18 heavy (non-hydrogen) atoms. The first-order valence-corrected chi connectivity index (χ1v) is 7.16. The van der Waals surface area contributed by atoms with Crippen LogP contribution < -0.4 is 5.73 Å². The van der Waals surface area contributed by atoms with E-state index in [1.165, 1.54) is 32.1 Å². The van der Waals surface area contributed by atoms with Gasteiger partial charge in [-0.25, -0.2) is 0 Å². The molecule has 0 fully saturated rings. The zero-order chi connectivity index (χ0) is 13.6. The second-order valence-electron chi connectivity index (χ2n) is 4.77. The van der Waals surface area contributed by atoms with E-state index in [1.807, 2.05) is 6.08 Å². The van der Waals surface area contributed by atoms with Crippen molar-refractivity contribution in [2.24, 2.45) is 5.73 Å². The first kappa shape index (κ1) is 17.2. The molecule has 0 rings (SSSR count). The number of primary amides is 1. The largest absolute Gasteiger partial charge is 0.381 e. The van der Waals surface area contributed by atoms with Crippen LogP contribution in [0.5, 0.6) is 0 Å². The smallest absolute Gasteiger partial charge is 0.217 e. The normalized spacial score (nSPS) is 13.0. The topological polar surface area (TPSA) is 52.3 Å². The number of amides is 1. The lowest BCUT2D eigenvalue weighted by Gasteiger charge is -2.12. The highest BCUT2D eigenvalue weighted by Gasteiger charge is 2.04.